The van der Waals surface area contributed by atoms with Crippen molar-refractivity contribution in [2.45, 2.75) is 12.5 Å². The number of rotatable bonds is 3. The van der Waals surface area contributed by atoms with E-state index < -0.39 is 16.9 Å². The van der Waals surface area contributed by atoms with Crippen LogP contribution in [0.2, 0.25) is 5.15 Å². The summed E-state index contributed by atoms with van der Waals surface area (Å²) in [5.41, 5.74) is -0.306. The Morgan fingerprint density at radius 3 is 2.74 bits per heavy atom. The Morgan fingerprint density at radius 1 is 1.53 bits per heavy atom. The highest BCUT2D eigenvalue weighted by atomic mass is 35.5. The molecule has 0 aromatic carbocycles. The van der Waals surface area contributed by atoms with Gasteiger partial charge in [-0.15, -0.1) is 0 Å². The van der Waals surface area contributed by atoms with E-state index in [4.69, 9.17) is 11.6 Å². The zero-order valence-corrected chi connectivity index (χ0v) is 10.5. The second-order valence-corrected chi connectivity index (χ2v) is 4.34. The molecule has 1 aliphatic heterocycles. The monoisotopic (exact) mass is 284 g/mol. The van der Waals surface area contributed by atoms with Crippen molar-refractivity contribution < 1.29 is 14.5 Å². The molecule has 1 aromatic heterocycles. The SMILES string of the molecule is CN1C(=O)CC(Nc2nc(Cl)ccc2[N+](=O)[O-])C1=O. The molecular weight excluding hydrogens is 276 g/mol. The lowest BCUT2D eigenvalue weighted by Gasteiger charge is -2.11. The number of carbonyl (C=O) groups is 2. The smallest absolute Gasteiger partial charge is 0.311 e. The molecule has 2 heterocycles. The maximum Gasteiger partial charge on any atom is 0.311 e. The highest BCUT2D eigenvalue weighted by Gasteiger charge is 2.37. The molecule has 1 atom stereocenters. The van der Waals surface area contributed by atoms with E-state index in [1.807, 2.05) is 0 Å². The fraction of sp³-hybridized carbons (Fsp3) is 0.300. The predicted molar refractivity (Wildman–Crippen MR) is 65.7 cm³/mol. The zero-order valence-electron chi connectivity index (χ0n) is 9.79. The average molecular weight is 285 g/mol. The van der Waals surface area contributed by atoms with Gasteiger partial charge in [-0.25, -0.2) is 4.98 Å². The number of halogens is 1. The molecule has 0 spiro atoms. The molecule has 0 aliphatic carbocycles. The van der Waals surface area contributed by atoms with Crippen LogP contribution in [0.15, 0.2) is 12.1 Å². The molecule has 1 aliphatic rings. The second kappa shape index (κ2) is 4.81. The number of likely N-dealkylation sites (tertiary alicyclic amines) is 1. The van der Waals surface area contributed by atoms with Gasteiger partial charge < -0.3 is 5.32 Å². The number of nitrogens with one attached hydrogen (secondary N) is 1. The Bertz CT molecular complexity index is 577. The van der Waals surface area contributed by atoms with Gasteiger partial charge in [0.25, 0.3) is 5.91 Å². The molecule has 1 N–H and O–H groups in total. The van der Waals surface area contributed by atoms with Crippen LogP contribution in [0.5, 0.6) is 0 Å². The van der Waals surface area contributed by atoms with E-state index in [0.29, 0.717) is 0 Å². The highest BCUT2D eigenvalue weighted by Crippen LogP contribution is 2.26. The number of aromatic nitrogens is 1. The molecule has 8 nitrogen and oxygen atoms in total. The van der Waals surface area contributed by atoms with Crippen molar-refractivity contribution in [1.82, 2.24) is 9.88 Å². The maximum atomic E-state index is 11.7. The Labute approximate surface area is 112 Å². The molecule has 2 amide bonds. The summed E-state index contributed by atoms with van der Waals surface area (Å²) in [6, 6.07) is 1.60. The topological polar surface area (TPSA) is 105 Å². The van der Waals surface area contributed by atoms with Crippen molar-refractivity contribution in [3.8, 4) is 0 Å². The number of anilines is 1. The summed E-state index contributed by atoms with van der Waals surface area (Å²) in [6.45, 7) is 0. The van der Waals surface area contributed by atoms with Crippen molar-refractivity contribution in [2.24, 2.45) is 0 Å². The van der Waals surface area contributed by atoms with Crippen LogP contribution < -0.4 is 5.32 Å². The van der Waals surface area contributed by atoms with Crippen molar-refractivity contribution >= 4 is 34.9 Å². The lowest BCUT2D eigenvalue weighted by atomic mass is 10.2. The molecule has 2 rings (SSSR count). The summed E-state index contributed by atoms with van der Waals surface area (Å²) in [5, 5.41) is 13.5. The van der Waals surface area contributed by atoms with Crippen molar-refractivity contribution in [3.63, 3.8) is 0 Å². The van der Waals surface area contributed by atoms with Crippen LogP contribution in [0.1, 0.15) is 6.42 Å². The minimum absolute atomic E-state index is 0.0539. The van der Waals surface area contributed by atoms with E-state index in [0.717, 1.165) is 4.90 Å². The molecule has 0 radical (unpaired) electrons. The summed E-state index contributed by atoms with van der Waals surface area (Å²) in [5.74, 6) is -0.938. The van der Waals surface area contributed by atoms with E-state index in [1.165, 1.54) is 19.2 Å². The van der Waals surface area contributed by atoms with Crippen molar-refractivity contribution in [2.75, 3.05) is 12.4 Å². The van der Waals surface area contributed by atoms with E-state index in [9.17, 15) is 19.7 Å². The molecule has 1 aromatic rings. The first-order chi connectivity index (χ1) is 8.90. The molecule has 1 saturated heterocycles. The van der Waals surface area contributed by atoms with Crippen molar-refractivity contribution in [3.05, 3.63) is 27.4 Å². The van der Waals surface area contributed by atoms with Gasteiger partial charge in [0.2, 0.25) is 11.7 Å². The second-order valence-electron chi connectivity index (χ2n) is 3.95. The fourth-order valence-electron chi connectivity index (χ4n) is 1.71. The van der Waals surface area contributed by atoms with Gasteiger partial charge in [-0.3, -0.25) is 24.6 Å². The van der Waals surface area contributed by atoms with Gasteiger partial charge in [0.1, 0.15) is 11.2 Å². The molecule has 1 unspecified atom stereocenters. The van der Waals surface area contributed by atoms with Crippen LogP contribution >= 0.6 is 11.6 Å². The lowest BCUT2D eigenvalue weighted by Crippen LogP contribution is -2.32. The number of nitro groups is 1. The fourth-order valence-corrected chi connectivity index (χ4v) is 1.86. The zero-order chi connectivity index (χ0) is 14.2. The number of likely N-dealkylation sites (N-methyl/N-ethyl adjacent to an activating group) is 1. The van der Waals surface area contributed by atoms with Gasteiger partial charge in [-0.2, -0.15) is 0 Å². The van der Waals surface area contributed by atoms with Crippen LogP contribution in [0.4, 0.5) is 11.5 Å². The Balaban J connectivity index is 2.29. The molecule has 0 bridgehead atoms. The van der Waals surface area contributed by atoms with Crippen LogP contribution in [-0.2, 0) is 9.59 Å². The summed E-state index contributed by atoms with van der Waals surface area (Å²) < 4.78 is 0. The van der Waals surface area contributed by atoms with Crippen LogP contribution in [-0.4, -0.2) is 39.7 Å². The van der Waals surface area contributed by atoms with E-state index >= 15 is 0 Å². The standard InChI is InChI=1S/C10H9ClN4O4/c1-14-8(16)4-5(10(14)17)12-9-6(15(18)19)2-3-7(11)13-9/h2-3,5H,4H2,1H3,(H,12,13). The third-order valence-corrected chi connectivity index (χ3v) is 2.94. The number of pyridine rings is 1. The molecular formula is C10H9ClN4O4. The third kappa shape index (κ3) is 2.48. The van der Waals surface area contributed by atoms with E-state index in [1.54, 1.807) is 0 Å². The van der Waals surface area contributed by atoms with Gasteiger partial charge in [-0.05, 0) is 6.07 Å². The van der Waals surface area contributed by atoms with Crippen LogP contribution in [0.3, 0.4) is 0 Å². The minimum atomic E-state index is -0.859. The van der Waals surface area contributed by atoms with Crippen LogP contribution in [0.25, 0.3) is 0 Å². The van der Waals surface area contributed by atoms with Gasteiger partial charge in [0.15, 0.2) is 0 Å². The normalized spacial score (nSPS) is 18.8. The summed E-state index contributed by atoms with van der Waals surface area (Å²) in [7, 11) is 1.35. The number of amides is 2. The van der Waals surface area contributed by atoms with E-state index in [-0.39, 0.29) is 29.0 Å². The molecule has 1 fully saturated rings. The van der Waals surface area contributed by atoms with Crippen LogP contribution in [0, 0.1) is 10.1 Å². The number of nitrogens with zero attached hydrogens (tertiary/aromatic N) is 3. The van der Waals surface area contributed by atoms with Gasteiger partial charge in [-0.1, -0.05) is 11.6 Å². The molecule has 19 heavy (non-hydrogen) atoms. The summed E-state index contributed by atoms with van der Waals surface area (Å²) in [4.78, 5) is 38.0. The van der Waals surface area contributed by atoms with Crippen molar-refractivity contribution in [1.29, 1.82) is 0 Å². The highest BCUT2D eigenvalue weighted by molar-refractivity contribution is 6.29. The number of hydrogen-bond donors (Lipinski definition) is 1. The Kier molecular flexibility index (Phi) is 3.34. The summed E-state index contributed by atoms with van der Waals surface area (Å²) in [6.07, 6.45) is -0.0688. The first kappa shape index (κ1) is 13.2. The van der Waals surface area contributed by atoms with Gasteiger partial charge in [0.05, 0.1) is 11.3 Å². The largest absolute Gasteiger partial charge is 0.352 e. The molecule has 9 heteroatoms. The third-order valence-electron chi connectivity index (χ3n) is 2.73. The predicted octanol–water partition coefficient (Wildman–Crippen LogP) is 0.812. The van der Waals surface area contributed by atoms with E-state index in [2.05, 4.69) is 10.3 Å². The molecule has 0 saturated carbocycles. The first-order valence-corrected chi connectivity index (χ1v) is 5.66. The first-order valence-electron chi connectivity index (χ1n) is 5.28. The quantitative estimate of drug-likeness (QED) is 0.381. The Morgan fingerprint density at radius 2 is 2.21 bits per heavy atom. The number of imide groups is 1. The van der Waals surface area contributed by atoms with Gasteiger partial charge >= 0.3 is 5.69 Å². The van der Waals surface area contributed by atoms with Gasteiger partial charge in [0, 0.05) is 13.1 Å². The number of carbonyl (C=O) groups excluding carboxylic acids is 2. The minimum Gasteiger partial charge on any atom is -0.352 e. The average Bonchev–Trinajstić information content (AvgIpc) is 2.57. The molecule has 100 valence electrons. The lowest BCUT2D eigenvalue weighted by molar-refractivity contribution is -0.384. The summed E-state index contributed by atoms with van der Waals surface area (Å²) >= 11 is 5.66. The number of hydrogen-bond acceptors (Lipinski definition) is 6. The maximum absolute atomic E-state index is 11.7. The Hall–Kier alpha value is -2.22.